The highest BCUT2D eigenvalue weighted by atomic mass is 15.2. The third kappa shape index (κ3) is 11.0. The zero-order valence-corrected chi connectivity index (χ0v) is 25.4. The average molecular weight is 587 g/mol. The predicted molar refractivity (Wildman–Crippen MR) is 174 cm³/mol. The summed E-state index contributed by atoms with van der Waals surface area (Å²) in [6.07, 6.45) is 11.4. The molecule has 0 unspecified atom stereocenters. The Bertz CT molecular complexity index is 1260. The van der Waals surface area contributed by atoms with Crippen LogP contribution in [0.4, 0.5) is 0 Å². The van der Waals surface area contributed by atoms with Gasteiger partial charge in [-0.15, -0.1) is 0 Å². The van der Waals surface area contributed by atoms with Gasteiger partial charge in [-0.1, -0.05) is 30.3 Å². The van der Waals surface area contributed by atoms with Crippen molar-refractivity contribution in [2.75, 3.05) is 26.2 Å². The Balaban J connectivity index is 1.20. The monoisotopic (exact) mass is 586 g/mol. The number of hydrogen-bond acceptors (Lipinski definition) is 8. The van der Waals surface area contributed by atoms with E-state index in [9.17, 15) is 0 Å². The Morgan fingerprint density at radius 2 is 0.568 bits per heavy atom. The van der Waals surface area contributed by atoms with Gasteiger partial charge in [0.15, 0.2) is 0 Å². The van der Waals surface area contributed by atoms with E-state index in [4.69, 9.17) is 0 Å². The highest BCUT2D eigenvalue weighted by Crippen LogP contribution is 2.12. The fourth-order valence-electron chi connectivity index (χ4n) is 5.34. The van der Waals surface area contributed by atoms with Crippen LogP contribution in [0, 0.1) is 0 Å². The summed E-state index contributed by atoms with van der Waals surface area (Å²) in [6.45, 7) is 7.91. The molecule has 5 aromatic heterocycles. The minimum Gasteiger partial charge on any atom is -0.297 e. The molecular weight excluding hydrogens is 544 g/mol. The Morgan fingerprint density at radius 1 is 0.318 bits per heavy atom. The summed E-state index contributed by atoms with van der Waals surface area (Å²) in [5.74, 6) is 0. The highest BCUT2D eigenvalue weighted by molar-refractivity contribution is 5.08. The average Bonchev–Trinajstić information content (AvgIpc) is 3.07. The van der Waals surface area contributed by atoms with Crippen molar-refractivity contribution in [1.82, 2.24) is 39.6 Å². The minimum absolute atomic E-state index is 0.799. The van der Waals surface area contributed by atoms with Crippen molar-refractivity contribution in [3.05, 3.63) is 150 Å². The predicted octanol–water partition coefficient (Wildman–Crippen LogP) is 5.65. The van der Waals surface area contributed by atoms with Gasteiger partial charge < -0.3 is 0 Å². The van der Waals surface area contributed by atoms with Gasteiger partial charge in [0.05, 0.1) is 28.5 Å². The van der Waals surface area contributed by atoms with E-state index in [1.54, 1.807) is 0 Å². The van der Waals surface area contributed by atoms with E-state index in [0.717, 1.165) is 100 Å². The maximum atomic E-state index is 4.63. The van der Waals surface area contributed by atoms with Crippen LogP contribution in [0.2, 0.25) is 0 Å². The third-order valence-electron chi connectivity index (χ3n) is 7.46. The van der Waals surface area contributed by atoms with Crippen LogP contribution in [0.3, 0.4) is 0 Å². The molecular formula is C36H42N8. The molecule has 5 aromatic rings. The molecule has 0 atom stereocenters. The van der Waals surface area contributed by atoms with E-state index < -0.39 is 0 Å². The zero-order chi connectivity index (χ0) is 30.1. The van der Waals surface area contributed by atoms with Crippen LogP contribution in [0.25, 0.3) is 0 Å². The number of rotatable bonds is 18. The van der Waals surface area contributed by atoms with Crippen LogP contribution in [-0.4, -0.2) is 65.8 Å². The second-order valence-corrected chi connectivity index (χ2v) is 11.0. The summed E-state index contributed by atoms with van der Waals surface area (Å²) in [5, 5.41) is 0. The molecule has 0 N–H and O–H groups in total. The summed E-state index contributed by atoms with van der Waals surface area (Å²) in [7, 11) is 0. The van der Waals surface area contributed by atoms with Crippen molar-refractivity contribution in [3.63, 3.8) is 0 Å². The molecule has 44 heavy (non-hydrogen) atoms. The summed E-state index contributed by atoms with van der Waals surface area (Å²) in [6, 6.07) is 30.7. The summed E-state index contributed by atoms with van der Waals surface area (Å²) in [4.78, 5) is 30.4. The Hall–Kier alpha value is -4.37. The van der Waals surface area contributed by atoms with Gasteiger partial charge in [0, 0.05) is 76.8 Å². The molecule has 0 aliphatic heterocycles. The SMILES string of the molecule is c1ccc(CN(CCCN(Cc2ccccn2)Cc2ccccn2)CCCN(Cc2ccccn2)Cc2ccccn2)nc1. The second kappa shape index (κ2) is 17.7. The van der Waals surface area contributed by atoms with Crippen molar-refractivity contribution < 1.29 is 0 Å². The van der Waals surface area contributed by atoms with E-state index in [0.29, 0.717) is 0 Å². The van der Waals surface area contributed by atoms with Crippen molar-refractivity contribution in [1.29, 1.82) is 0 Å². The zero-order valence-electron chi connectivity index (χ0n) is 25.4. The third-order valence-corrected chi connectivity index (χ3v) is 7.46. The largest absolute Gasteiger partial charge is 0.297 e. The number of hydrogen-bond donors (Lipinski definition) is 0. The minimum atomic E-state index is 0.799. The van der Waals surface area contributed by atoms with Crippen LogP contribution in [0.1, 0.15) is 41.3 Å². The first-order chi connectivity index (χ1) is 21.8. The molecule has 5 rings (SSSR count). The van der Waals surface area contributed by atoms with Crippen LogP contribution in [0.15, 0.2) is 122 Å². The van der Waals surface area contributed by atoms with Crippen molar-refractivity contribution in [2.24, 2.45) is 0 Å². The summed E-state index contributed by atoms with van der Waals surface area (Å²) < 4.78 is 0. The molecule has 0 saturated carbocycles. The van der Waals surface area contributed by atoms with Gasteiger partial charge in [0.2, 0.25) is 0 Å². The fourth-order valence-corrected chi connectivity index (χ4v) is 5.34. The van der Waals surface area contributed by atoms with Gasteiger partial charge in [-0.3, -0.25) is 39.6 Å². The van der Waals surface area contributed by atoms with Gasteiger partial charge in [-0.05, 0) is 86.6 Å². The molecule has 0 amide bonds. The number of nitrogens with zero attached hydrogens (tertiary/aromatic N) is 8. The Labute approximate surface area is 261 Å². The quantitative estimate of drug-likeness (QED) is 0.130. The number of aromatic nitrogens is 5. The lowest BCUT2D eigenvalue weighted by Gasteiger charge is -2.27. The van der Waals surface area contributed by atoms with Crippen molar-refractivity contribution in [3.8, 4) is 0 Å². The van der Waals surface area contributed by atoms with Gasteiger partial charge in [-0.2, -0.15) is 0 Å². The lowest BCUT2D eigenvalue weighted by molar-refractivity contribution is 0.189. The standard InChI is InChI=1S/C36H42N8/c1-6-18-37-32(13-1)27-42(23-11-25-43(28-33-14-2-7-19-38-33)29-34-15-3-8-20-39-34)24-12-26-44(30-35-16-4-9-21-40-35)31-36-17-5-10-22-41-36/h1-10,13-22H,11-12,23-31H2. The highest BCUT2D eigenvalue weighted by Gasteiger charge is 2.14. The molecule has 0 saturated heterocycles. The molecule has 5 heterocycles. The second-order valence-electron chi connectivity index (χ2n) is 11.0. The molecule has 8 heteroatoms. The van der Waals surface area contributed by atoms with E-state index in [-0.39, 0.29) is 0 Å². The molecule has 8 nitrogen and oxygen atoms in total. The maximum absolute atomic E-state index is 4.63. The van der Waals surface area contributed by atoms with Gasteiger partial charge >= 0.3 is 0 Å². The van der Waals surface area contributed by atoms with E-state index in [2.05, 4.69) is 100 Å². The number of pyridine rings is 5. The summed E-state index contributed by atoms with van der Waals surface area (Å²) >= 11 is 0. The van der Waals surface area contributed by atoms with E-state index in [1.165, 1.54) is 0 Å². The lowest BCUT2D eigenvalue weighted by atomic mass is 10.2. The van der Waals surface area contributed by atoms with E-state index in [1.807, 2.05) is 61.3 Å². The molecule has 0 aliphatic rings. The van der Waals surface area contributed by atoms with E-state index >= 15 is 0 Å². The van der Waals surface area contributed by atoms with Gasteiger partial charge in [0.25, 0.3) is 0 Å². The lowest BCUT2D eigenvalue weighted by Crippen LogP contribution is -2.33. The smallest absolute Gasteiger partial charge is 0.0544 e. The molecule has 0 radical (unpaired) electrons. The van der Waals surface area contributed by atoms with Crippen LogP contribution in [-0.2, 0) is 32.7 Å². The molecule has 0 aliphatic carbocycles. The Kier molecular flexibility index (Phi) is 12.5. The van der Waals surface area contributed by atoms with Gasteiger partial charge in [-0.25, -0.2) is 0 Å². The normalized spacial score (nSPS) is 11.4. The first-order valence-corrected chi connectivity index (χ1v) is 15.5. The molecule has 0 spiro atoms. The molecule has 226 valence electrons. The molecule has 0 aromatic carbocycles. The van der Waals surface area contributed by atoms with Crippen LogP contribution < -0.4 is 0 Å². The first kappa shape index (κ1) is 31.1. The Morgan fingerprint density at radius 3 is 0.818 bits per heavy atom. The summed E-state index contributed by atoms with van der Waals surface area (Å²) in [5.41, 5.74) is 5.42. The van der Waals surface area contributed by atoms with Crippen molar-refractivity contribution >= 4 is 0 Å². The molecule has 0 fully saturated rings. The van der Waals surface area contributed by atoms with Crippen LogP contribution >= 0.6 is 0 Å². The molecule has 0 bridgehead atoms. The first-order valence-electron chi connectivity index (χ1n) is 15.5. The fraction of sp³-hybridized carbons (Fsp3) is 0.306. The van der Waals surface area contributed by atoms with Gasteiger partial charge in [0.1, 0.15) is 0 Å². The van der Waals surface area contributed by atoms with Crippen LogP contribution in [0.5, 0.6) is 0 Å². The maximum Gasteiger partial charge on any atom is 0.0544 e. The topological polar surface area (TPSA) is 74.2 Å². The van der Waals surface area contributed by atoms with Crippen molar-refractivity contribution in [2.45, 2.75) is 45.6 Å².